The minimum absolute atomic E-state index is 0.0548. The Balaban J connectivity index is 2.40. The van der Waals surface area contributed by atoms with E-state index in [9.17, 15) is 13.6 Å². The van der Waals surface area contributed by atoms with Crippen molar-refractivity contribution in [3.05, 3.63) is 59.2 Å². The molecule has 106 valence electrons. The first-order valence-electron chi connectivity index (χ1n) is 5.96. The van der Waals surface area contributed by atoms with Gasteiger partial charge in [0.25, 0.3) is 5.91 Å². The van der Waals surface area contributed by atoms with E-state index in [4.69, 9.17) is 11.0 Å². The van der Waals surface area contributed by atoms with Gasteiger partial charge in [-0.25, -0.2) is 8.78 Å². The standard InChI is InChI=1S/C15H11F2N3O/c1-20(14-5-2-9(8-18)6-13(14)17)15(21)11-7-10(19)3-4-12(11)16/h2-7H,19H2,1H3. The Morgan fingerprint density at radius 2 is 1.90 bits per heavy atom. The van der Waals surface area contributed by atoms with Crippen LogP contribution in [0, 0.1) is 23.0 Å². The van der Waals surface area contributed by atoms with Gasteiger partial charge in [0.2, 0.25) is 0 Å². The normalized spacial score (nSPS) is 10.0. The highest BCUT2D eigenvalue weighted by molar-refractivity contribution is 6.06. The molecule has 4 nitrogen and oxygen atoms in total. The van der Waals surface area contributed by atoms with Crippen molar-refractivity contribution in [3.63, 3.8) is 0 Å². The number of nitrogen functional groups attached to an aromatic ring is 1. The average molecular weight is 287 g/mol. The predicted octanol–water partition coefficient (Wildman–Crippen LogP) is 2.70. The third-order valence-corrected chi connectivity index (χ3v) is 2.96. The summed E-state index contributed by atoms with van der Waals surface area (Å²) in [6.07, 6.45) is 0. The third-order valence-electron chi connectivity index (χ3n) is 2.96. The minimum atomic E-state index is -0.741. The van der Waals surface area contributed by atoms with Crippen LogP contribution < -0.4 is 10.6 Å². The molecular weight excluding hydrogens is 276 g/mol. The van der Waals surface area contributed by atoms with Crippen molar-refractivity contribution in [1.82, 2.24) is 0 Å². The summed E-state index contributed by atoms with van der Waals surface area (Å²) >= 11 is 0. The third kappa shape index (κ3) is 2.82. The van der Waals surface area contributed by atoms with Crippen LogP contribution in [-0.4, -0.2) is 13.0 Å². The van der Waals surface area contributed by atoms with E-state index >= 15 is 0 Å². The summed E-state index contributed by atoms with van der Waals surface area (Å²) in [5.41, 5.74) is 5.58. The second-order valence-electron chi connectivity index (χ2n) is 4.38. The summed E-state index contributed by atoms with van der Waals surface area (Å²) < 4.78 is 27.6. The molecule has 2 aromatic rings. The Morgan fingerprint density at radius 1 is 1.19 bits per heavy atom. The largest absolute Gasteiger partial charge is 0.399 e. The van der Waals surface area contributed by atoms with Gasteiger partial charge in [-0.15, -0.1) is 0 Å². The molecule has 0 aliphatic carbocycles. The zero-order chi connectivity index (χ0) is 15.6. The highest BCUT2D eigenvalue weighted by atomic mass is 19.1. The smallest absolute Gasteiger partial charge is 0.261 e. The van der Waals surface area contributed by atoms with Gasteiger partial charge in [0, 0.05) is 12.7 Å². The Morgan fingerprint density at radius 3 is 2.52 bits per heavy atom. The quantitative estimate of drug-likeness (QED) is 0.863. The topological polar surface area (TPSA) is 70.1 Å². The molecule has 0 aliphatic rings. The molecule has 0 bridgehead atoms. The van der Waals surface area contributed by atoms with E-state index in [1.807, 2.05) is 0 Å². The minimum Gasteiger partial charge on any atom is -0.399 e. The lowest BCUT2D eigenvalue weighted by Crippen LogP contribution is -2.28. The molecule has 0 unspecified atom stereocenters. The molecule has 0 radical (unpaired) electrons. The molecule has 0 atom stereocenters. The molecule has 0 aliphatic heterocycles. The molecule has 0 spiro atoms. The van der Waals surface area contributed by atoms with E-state index in [2.05, 4.69) is 0 Å². The molecule has 2 N–H and O–H groups in total. The molecule has 0 fully saturated rings. The first-order chi connectivity index (χ1) is 9.93. The van der Waals surface area contributed by atoms with Crippen molar-refractivity contribution >= 4 is 17.3 Å². The lowest BCUT2D eigenvalue weighted by Gasteiger charge is -2.18. The summed E-state index contributed by atoms with van der Waals surface area (Å²) in [7, 11) is 1.31. The molecule has 21 heavy (non-hydrogen) atoms. The number of carbonyl (C=O) groups excluding carboxylic acids is 1. The summed E-state index contributed by atoms with van der Waals surface area (Å²) in [5.74, 6) is -2.22. The van der Waals surface area contributed by atoms with Gasteiger partial charge in [-0.1, -0.05) is 0 Å². The number of carbonyl (C=O) groups is 1. The first-order valence-corrected chi connectivity index (χ1v) is 5.96. The fourth-order valence-electron chi connectivity index (χ4n) is 1.85. The van der Waals surface area contributed by atoms with Crippen LogP contribution in [0.15, 0.2) is 36.4 Å². The van der Waals surface area contributed by atoms with Crippen molar-refractivity contribution in [2.45, 2.75) is 0 Å². The molecule has 6 heteroatoms. The Hall–Kier alpha value is -2.94. The first kappa shape index (κ1) is 14.5. The van der Waals surface area contributed by atoms with E-state index in [0.717, 1.165) is 17.0 Å². The SMILES string of the molecule is CN(C(=O)c1cc(N)ccc1F)c1ccc(C#N)cc1F. The van der Waals surface area contributed by atoms with Gasteiger partial charge in [-0.3, -0.25) is 4.79 Å². The fourth-order valence-corrected chi connectivity index (χ4v) is 1.85. The van der Waals surface area contributed by atoms with E-state index in [0.29, 0.717) is 0 Å². The van der Waals surface area contributed by atoms with Gasteiger partial charge in [-0.2, -0.15) is 5.26 Å². The molecule has 2 rings (SSSR count). The van der Waals surface area contributed by atoms with Gasteiger partial charge >= 0.3 is 0 Å². The van der Waals surface area contributed by atoms with E-state index in [-0.39, 0.29) is 22.5 Å². The number of anilines is 2. The van der Waals surface area contributed by atoms with Crippen molar-refractivity contribution in [2.75, 3.05) is 17.7 Å². The van der Waals surface area contributed by atoms with Gasteiger partial charge in [0.05, 0.1) is 22.9 Å². The van der Waals surface area contributed by atoms with Crippen LogP contribution >= 0.6 is 0 Å². The maximum absolute atomic E-state index is 13.9. The average Bonchev–Trinajstić information content (AvgIpc) is 2.48. The van der Waals surface area contributed by atoms with Crippen LogP contribution in [0.2, 0.25) is 0 Å². The zero-order valence-corrected chi connectivity index (χ0v) is 11.1. The number of nitrogens with zero attached hydrogens (tertiary/aromatic N) is 2. The van der Waals surface area contributed by atoms with Crippen LogP contribution in [0.25, 0.3) is 0 Å². The number of halogens is 2. The second-order valence-corrected chi connectivity index (χ2v) is 4.38. The van der Waals surface area contributed by atoms with E-state index < -0.39 is 17.5 Å². The molecule has 2 aromatic carbocycles. The summed E-state index contributed by atoms with van der Waals surface area (Å²) in [6, 6.07) is 9.05. The monoisotopic (exact) mass is 287 g/mol. The molecule has 1 amide bonds. The Kier molecular flexibility index (Phi) is 3.85. The van der Waals surface area contributed by atoms with Crippen LogP contribution in [-0.2, 0) is 0 Å². The zero-order valence-electron chi connectivity index (χ0n) is 11.1. The van der Waals surface area contributed by atoms with Crippen molar-refractivity contribution in [3.8, 4) is 6.07 Å². The summed E-state index contributed by atoms with van der Waals surface area (Å²) in [4.78, 5) is 13.2. The molecule has 0 aromatic heterocycles. The number of hydrogen-bond donors (Lipinski definition) is 1. The molecule has 0 saturated heterocycles. The number of amides is 1. The molecule has 0 heterocycles. The molecule has 0 saturated carbocycles. The van der Waals surface area contributed by atoms with Crippen LogP contribution in [0.3, 0.4) is 0 Å². The van der Waals surface area contributed by atoms with Crippen molar-refractivity contribution in [2.24, 2.45) is 0 Å². The number of nitrogens with two attached hydrogens (primary N) is 1. The number of rotatable bonds is 2. The fraction of sp³-hybridized carbons (Fsp3) is 0.0667. The van der Waals surface area contributed by atoms with Gasteiger partial charge in [0.1, 0.15) is 11.6 Å². The van der Waals surface area contributed by atoms with Gasteiger partial charge in [0.15, 0.2) is 0 Å². The van der Waals surface area contributed by atoms with Crippen molar-refractivity contribution in [1.29, 1.82) is 5.26 Å². The van der Waals surface area contributed by atoms with Crippen LogP contribution in [0.1, 0.15) is 15.9 Å². The van der Waals surface area contributed by atoms with E-state index in [1.54, 1.807) is 6.07 Å². The van der Waals surface area contributed by atoms with E-state index in [1.165, 1.54) is 31.3 Å². The summed E-state index contributed by atoms with van der Waals surface area (Å²) in [5, 5.41) is 8.68. The highest BCUT2D eigenvalue weighted by Gasteiger charge is 2.20. The van der Waals surface area contributed by atoms with Crippen LogP contribution in [0.4, 0.5) is 20.2 Å². The lowest BCUT2D eigenvalue weighted by atomic mass is 10.1. The maximum atomic E-state index is 13.9. The number of benzene rings is 2. The Bertz CT molecular complexity index is 753. The molecular formula is C15H11F2N3O. The Labute approximate surface area is 120 Å². The van der Waals surface area contributed by atoms with Crippen molar-refractivity contribution < 1.29 is 13.6 Å². The second kappa shape index (κ2) is 5.59. The number of hydrogen-bond acceptors (Lipinski definition) is 3. The maximum Gasteiger partial charge on any atom is 0.261 e. The lowest BCUT2D eigenvalue weighted by molar-refractivity contribution is 0.0988. The number of nitriles is 1. The predicted molar refractivity (Wildman–Crippen MR) is 74.7 cm³/mol. The summed E-state index contributed by atoms with van der Waals surface area (Å²) in [6.45, 7) is 0. The highest BCUT2D eigenvalue weighted by Crippen LogP contribution is 2.22. The van der Waals surface area contributed by atoms with Gasteiger partial charge in [-0.05, 0) is 36.4 Å². The van der Waals surface area contributed by atoms with Gasteiger partial charge < -0.3 is 10.6 Å². The van der Waals surface area contributed by atoms with Crippen LogP contribution in [0.5, 0.6) is 0 Å².